The van der Waals surface area contributed by atoms with E-state index >= 15 is 0 Å². The fourth-order valence-corrected chi connectivity index (χ4v) is 4.02. The van der Waals surface area contributed by atoms with Crippen LogP contribution in [0.5, 0.6) is 0 Å². The highest BCUT2D eigenvalue weighted by molar-refractivity contribution is 6.30. The van der Waals surface area contributed by atoms with E-state index in [4.69, 9.17) is 21.6 Å². The van der Waals surface area contributed by atoms with Gasteiger partial charge in [-0.3, -0.25) is 9.55 Å². The Morgan fingerprint density at radius 1 is 0.931 bits per heavy atom. The van der Waals surface area contributed by atoms with Crippen LogP contribution in [0.3, 0.4) is 0 Å². The number of nitrogens with zero attached hydrogens (tertiary/aromatic N) is 6. The molecule has 0 amide bonds. The van der Waals surface area contributed by atoms with Crippen LogP contribution in [0, 0.1) is 6.92 Å². The van der Waals surface area contributed by atoms with E-state index in [0.29, 0.717) is 5.02 Å². The van der Waals surface area contributed by atoms with Crippen molar-refractivity contribution in [2.45, 2.75) is 26.2 Å². The van der Waals surface area contributed by atoms with Gasteiger partial charge in [-0.1, -0.05) is 11.6 Å². The molecular weight excluding hydrogens is 384 g/mol. The van der Waals surface area contributed by atoms with Gasteiger partial charge >= 0.3 is 0 Å². The number of hydrogen-bond donors (Lipinski definition) is 0. The molecule has 0 aromatic carbocycles. The maximum absolute atomic E-state index is 6.05. The minimum atomic E-state index is 0.599. The fraction of sp³-hybridized carbons (Fsp3) is 0.273. The van der Waals surface area contributed by atoms with Crippen molar-refractivity contribution in [3.63, 3.8) is 0 Å². The molecule has 0 saturated carbocycles. The van der Waals surface area contributed by atoms with E-state index in [9.17, 15) is 0 Å². The topological polar surface area (TPSA) is 59.7 Å². The monoisotopic (exact) mass is 404 g/mol. The first kappa shape index (κ1) is 18.1. The summed E-state index contributed by atoms with van der Waals surface area (Å²) in [6.45, 7) is 4.26. The molecule has 1 fully saturated rings. The largest absolute Gasteiger partial charge is 0.357 e. The number of halogens is 1. The number of pyridine rings is 3. The lowest BCUT2D eigenvalue weighted by atomic mass is 10.1. The van der Waals surface area contributed by atoms with Gasteiger partial charge < -0.3 is 4.90 Å². The van der Waals surface area contributed by atoms with E-state index in [1.54, 1.807) is 12.4 Å². The van der Waals surface area contributed by atoms with E-state index in [1.165, 1.54) is 19.3 Å². The Morgan fingerprint density at radius 3 is 2.52 bits per heavy atom. The number of imidazole rings is 1. The van der Waals surface area contributed by atoms with Gasteiger partial charge in [-0.2, -0.15) is 0 Å². The van der Waals surface area contributed by atoms with Crippen LogP contribution in [0.2, 0.25) is 5.02 Å². The summed E-state index contributed by atoms with van der Waals surface area (Å²) in [5, 5.41) is 0.599. The lowest BCUT2D eigenvalue weighted by Crippen LogP contribution is -2.30. The van der Waals surface area contributed by atoms with Crippen LogP contribution in [0.1, 0.15) is 24.8 Å². The number of aryl methyl sites for hydroxylation is 1. The molecule has 0 N–H and O–H groups in total. The summed E-state index contributed by atoms with van der Waals surface area (Å²) in [7, 11) is 0. The second kappa shape index (κ2) is 7.44. The average Bonchev–Trinajstić information content (AvgIpc) is 3.14. The van der Waals surface area contributed by atoms with Crippen molar-refractivity contribution < 1.29 is 0 Å². The smallest absolute Gasteiger partial charge is 0.148 e. The second-order valence-corrected chi connectivity index (χ2v) is 7.81. The molecule has 4 aromatic rings. The highest BCUT2D eigenvalue weighted by atomic mass is 35.5. The molecular formula is C22H21ClN6. The molecule has 0 radical (unpaired) electrons. The first-order chi connectivity index (χ1) is 14.2. The normalized spacial score (nSPS) is 14.5. The number of rotatable bonds is 3. The van der Waals surface area contributed by atoms with Crippen LogP contribution in [0.4, 0.5) is 5.82 Å². The van der Waals surface area contributed by atoms with Crippen LogP contribution < -0.4 is 4.90 Å². The molecule has 1 aliphatic rings. The Labute approximate surface area is 174 Å². The molecule has 5 rings (SSSR count). The highest BCUT2D eigenvalue weighted by Crippen LogP contribution is 2.31. The van der Waals surface area contributed by atoms with E-state index < -0.39 is 0 Å². The van der Waals surface area contributed by atoms with Crippen molar-refractivity contribution in [2.24, 2.45) is 0 Å². The molecule has 146 valence electrons. The predicted molar refractivity (Wildman–Crippen MR) is 116 cm³/mol. The third kappa shape index (κ3) is 3.34. The summed E-state index contributed by atoms with van der Waals surface area (Å²) < 4.78 is 2.02. The van der Waals surface area contributed by atoms with Crippen LogP contribution >= 0.6 is 11.6 Å². The maximum Gasteiger partial charge on any atom is 0.148 e. The third-order valence-corrected chi connectivity index (χ3v) is 5.64. The van der Waals surface area contributed by atoms with Crippen molar-refractivity contribution in [1.82, 2.24) is 24.5 Å². The number of anilines is 1. The minimum Gasteiger partial charge on any atom is -0.357 e. The van der Waals surface area contributed by atoms with E-state index in [0.717, 1.165) is 52.7 Å². The molecule has 0 spiro atoms. The summed E-state index contributed by atoms with van der Waals surface area (Å²) in [6.07, 6.45) is 10.9. The van der Waals surface area contributed by atoms with Gasteiger partial charge in [0.2, 0.25) is 0 Å². The van der Waals surface area contributed by atoms with E-state index in [-0.39, 0.29) is 0 Å². The Morgan fingerprint density at radius 2 is 1.76 bits per heavy atom. The molecule has 6 nitrogen and oxygen atoms in total. The van der Waals surface area contributed by atoms with E-state index in [2.05, 4.69) is 27.9 Å². The van der Waals surface area contributed by atoms with Gasteiger partial charge in [0.1, 0.15) is 17.5 Å². The molecule has 5 heterocycles. The highest BCUT2D eigenvalue weighted by Gasteiger charge is 2.19. The lowest BCUT2D eigenvalue weighted by molar-refractivity contribution is 0.573. The first-order valence-corrected chi connectivity index (χ1v) is 10.2. The molecule has 0 aliphatic carbocycles. The minimum absolute atomic E-state index is 0.599. The van der Waals surface area contributed by atoms with Gasteiger partial charge in [-0.05, 0) is 56.0 Å². The quantitative estimate of drug-likeness (QED) is 0.489. The summed E-state index contributed by atoms with van der Waals surface area (Å²) >= 11 is 6.05. The predicted octanol–water partition coefficient (Wildman–Crippen LogP) is 4.83. The van der Waals surface area contributed by atoms with Crippen LogP contribution in [0.15, 0.2) is 49.1 Å². The third-order valence-electron chi connectivity index (χ3n) is 5.41. The molecule has 0 bridgehead atoms. The molecule has 1 saturated heterocycles. The maximum atomic E-state index is 6.05. The zero-order valence-corrected chi connectivity index (χ0v) is 17.0. The van der Waals surface area contributed by atoms with Gasteiger partial charge in [0.05, 0.1) is 22.3 Å². The Balaban J connectivity index is 1.65. The SMILES string of the molecule is Cc1cc(N2CCCCC2)ncc1-c1nc2ccncc2n1-c1ccc(Cl)cn1. The van der Waals surface area contributed by atoms with Gasteiger partial charge in [0.25, 0.3) is 0 Å². The zero-order valence-electron chi connectivity index (χ0n) is 16.2. The molecule has 1 aliphatic heterocycles. The fourth-order valence-electron chi connectivity index (χ4n) is 3.91. The van der Waals surface area contributed by atoms with Crippen molar-refractivity contribution in [3.05, 3.63) is 59.6 Å². The molecule has 29 heavy (non-hydrogen) atoms. The zero-order chi connectivity index (χ0) is 19.8. The summed E-state index contributed by atoms with van der Waals surface area (Å²) in [5.41, 5.74) is 3.89. The lowest BCUT2D eigenvalue weighted by Gasteiger charge is -2.28. The van der Waals surface area contributed by atoms with Crippen LogP contribution in [0.25, 0.3) is 28.2 Å². The molecule has 4 aromatic heterocycles. The average molecular weight is 405 g/mol. The second-order valence-electron chi connectivity index (χ2n) is 7.37. The molecule has 0 unspecified atom stereocenters. The molecule has 7 heteroatoms. The number of aromatic nitrogens is 5. The number of fused-ring (bicyclic) bond motifs is 1. The van der Waals surface area contributed by atoms with Gasteiger partial charge in [-0.15, -0.1) is 0 Å². The Hall–Kier alpha value is -2.99. The first-order valence-electron chi connectivity index (χ1n) is 9.87. The standard InChI is InChI=1S/C22H21ClN6/c1-15-11-21(28-9-3-2-4-10-28)26-13-17(15)22-27-18-7-8-24-14-19(18)29(22)20-6-5-16(23)12-25-20/h5-8,11-14H,2-4,9-10H2,1H3. The van der Waals surface area contributed by atoms with Crippen molar-refractivity contribution in [1.29, 1.82) is 0 Å². The van der Waals surface area contributed by atoms with Crippen LogP contribution in [-0.4, -0.2) is 37.6 Å². The molecule has 0 atom stereocenters. The van der Waals surface area contributed by atoms with E-state index in [1.807, 2.05) is 35.2 Å². The van der Waals surface area contributed by atoms with Crippen molar-refractivity contribution >= 4 is 28.5 Å². The summed E-state index contributed by atoms with van der Waals surface area (Å²) in [6, 6.07) is 7.80. The van der Waals surface area contributed by atoms with Gasteiger partial charge in [-0.25, -0.2) is 15.0 Å². The Kier molecular flexibility index (Phi) is 4.64. The number of piperidine rings is 1. The Bertz CT molecular complexity index is 1160. The van der Waals surface area contributed by atoms with Crippen LogP contribution in [-0.2, 0) is 0 Å². The summed E-state index contributed by atoms with van der Waals surface area (Å²) in [4.78, 5) is 20.8. The summed E-state index contributed by atoms with van der Waals surface area (Å²) in [5.74, 6) is 2.59. The van der Waals surface area contributed by atoms with Crippen molar-refractivity contribution in [2.75, 3.05) is 18.0 Å². The van der Waals surface area contributed by atoms with Gasteiger partial charge in [0, 0.05) is 37.2 Å². The van der Waals surface area contributed by atoms with Gasteiger partial charge in [0.15, 0.2) is 0 Å². The van der Waals surface area contributed by atoms with Crippen molar-refractivity contribution in [3.8, 4) is 17.2 Å². The number of hydrogen-bond acceptors (Lipinski definition) is 5.